The Kier molecular flexibility index (Phi) is 4.49. The van der Waals surface area contributed by atoms with E-state index in [1.54, 1.807) is 25.2 Å². The lowest BCUT2D eigenvalue weighted by Crippen LogP contribution is -2.40. The van der Waals surface area contributed by atoms with Gasteiger partial charge in [-0.1, -0.05) is 6.07 Å². The minimum absolute atomic E-state index is 0.0995. The number of benzene rings is 1. The topological polar surface area (TPSA) is 66.8 Å². The summed E-state index contributed by atoms with van der Waals surface area (Å²) in [6.07, 6.45) is 0.604. The first kappa shape index (κ1) is 15.4. The highest BCUT2D eigenvalue weighted by Gasteiger charge is 2.35. The summed E-state index contributed by atoms with van der Waals surface area (Å²) < 4.78 is 32.1. The minimum atomic E-state index is -3.56. The molecule has 0 radical (unpaired) electrons. The van der Waals surface area contributed by atoms with E-state index in [2.05, 4.69) is 0 Å². The summed E-state index contributed by atoms with van der Waals surface area (Å²) in [5.41, 5.74) is 1.52. The molecule has 0 aliphatic carbocycles. The van der Waals surface area contributed by atoms with Crippen LogP contribution in [0.5, 0.6) is 0 Å². The smallest absolute Gasteiger partial charge is 0.243 e. The average Bonchev–Trinajstić information content (AvgIpc) is 2.84. The van der Waals surface area contributed by atoms with Crippen LogP contribution in [0, 0.1) is 6.92 Å². The second-order valence-electron chi connectivity index (χ2n) is 5.20. The number of hydrogen-bond acceptors (Lipinski definition) is 4. The fourth-order valence-corrected chi connectivity index (χ4v) is 4.02. The summed E-state index contributed by atoms with van der Waals surface area (Å²) in [5, 5.41) is 9.27. The molecule has 2 rings (SSSR count). The number of likely N-dealkylation sites (N-methyl/N-ethyl adjacent to an activating group) is 1. The molecule has 1 aliphatic heterocycles. The van der Waals surface area contributed by atoms with Gasteiger partial charge in [-0.05, 0) is 43.5 Å². The van der Waals surface area contributed by atoms with E-state index in [1.807, 2.05) is 13.8 Å². The van der Waals surface area contributed by atoms with Crippen molar-refractivity contribution in [2.75, 3.05) is 13.7 Å². The van der Waals surface area contributed by atoms with E-state index in [9.17, 15) is 13.5 Å². The van der Waals surface area contributed by atoms with Crippen molar-refractivity contribution in [3.05, 3.63) is 29.3 Å². The Bertz CT molecular complexity index is 585. The van der Waals surface area contributed by atoms with Crippen molar-refractivity contribution in [2.24, 2.45) is 0 Å². The van der Waals surface area contributed by atoms with Crippen molar-refractivity contribution in [2.45, 2.75) is 43.9 Å². The zero-order valence-corrected chi connectivity index (χ0v) is 12.9. The van der Waals surface area contributed by atoms with Gasteiger partial charge in [0, 0.05) is 13.7 Å². The molecule has 1 fully saturated rings. The standard InChI is InChI=1S/C14H21NO4S/c1-10-4-5-13(8-12(10)9-16)20(17,18)15(3)14-6-7-19-11(14)2/h4-5,8,11,14,16H,6-7,9H2,1-3H3. The van der Waals surface area contributed by atoms with Crippen molar-refractivity contribution in [3.8, 4) is 0 Å². The molecule has 112 valence electrons. The summed E-state index contributed by atoms with van der Waals surface area (Å²) in [7, 11) is -1.98. The lowest BCUT2D eigenvalue weighted by Gasteiger charge is -2.26. The number of ether oxygens (including phenoxy) is 1. The van der Waals surface area contributed by atoms with Crippen molar-refractivity contribution < 1.29 is 18.3 Å². The fraction of sp³-hybridized carbons (Fsp3) is 0.571. The van der Waals surface area contributed by atoms with Crippen LogP contribution in [0.4, 0.5) is 0 Å². The molecule has 2 atom stereocenters. The van der Waals surface area contributed by atoms with Gasteiger partial charge in [-0.3, -0.25) is 0 Å². The van der Waals surface area contributed by atoms with Crippen molar-refractivity contribution in [1.82, 2.24) is 4.31 Å². The molecule has 1 aromatic carbocycles. The zero-order valence-electron chi connectivity index (χ0n) is 12.0. The molecule has 1 N–H and O–H groups in total. The molecule has 0 amide bonds. The van der Waals surface area contributed by atoms with Crippen LogP contribution in [0.25, 0.3) is 0 Å². The van der Waals surface area contributed by atoms with Gasteiger partial charge >= 0.3 is 0 Å². The van der Waals surface area contributed by atoms with Crippen molar-refractivity contribution in [3.63, 3.8) is 0 Å². The largest absolute Gasteiger partial charge is 0.392 e. The van der Waals surface area contributed by atoms with E-state index in [-0.39, 0.29) is 23.6 Å². The second-order valence-corrected chi connectivity index (χ2v) is 7.20. The van der Waals surface area contributed by atoms with Gasteiger partial charge in [0.2, 0.25) is 10.0 Å². The monoisotopic (exact) mass is 299 g/mol. The van der Waals surface area contributed by atoms with Crippen LogP contribution >= 0.6 is 0 Å². The highest BCUT2D eigenvalue weighted by molar-refractivity contribution is 7.89. The summed E-state index contributed by atoms with van der Waals surface area (Å²) in [6.45, 7) is 4.15. The number of aliphatic hydroxyl groups is 1. The number of aryl methyl sites for hydroxylation is 1. The van der Waals surface area contributed by atoms with Crippen molar-refractivity contribution >= 4 is 10.0 Å². The third kappa shape index (κ3) is 2.74. The molecule has 0 spiro atoms. The van der Waals surface area contributed by atoms with Crippen molar-refractivity contribution in [1.29, 1.82) is 0 Å². The van der Waals surface area contributed by atoms with Gasteiger partial charge in [0.25, 0.3) is 0 Å². The molecule has 6 heteroatoms. The first-order chi connectivity index (χ1) is 9.37. The normalized spacial score (nSPS) is 23.4. The van der Waals surface area contributed by atoms with Gasteiger partial charge in [0.05, 0.1) is 23.6 Å². The third-order valence-electron chi connectivity index (χ3n) is 3.97. The van der Waals surface area contributed by atoms with E-state index >= 15 is 0 Å². The number of aliphatic hydroxyl groups excluding tert-OH is 1. The predicted molar refractivity (Wildman–Crippen MR) is 75.9 cm³/mol. The summed E-state index contributed by atoms with van der Waals surface area (Å²) in [5.74, 6) is 0. The quantitative estimate of drug-likeness (QED) is 0.909. The van der Waals surface area contributed by atoms with Crippen LogP contribution in [0.2, 0.25) is 0 Å². The first-order valence-corrected chi connectivity index (χ1v) is 8.12. The Morgan fingerprint density at radius 3 is 2.70 bits per heavy atom. The molecule has 20 heavy (non-hydrogen) atoms. The van der Waals surface area contributed by atoms with Gasteiger partial charge in [0.15, 0.2) is 0 Å². The lowest BCUT2D eigenvalue weighted by atomic mass is 10.1. The van der Waals surface area contributed by atoms with Crippen LogP contribution in [0.3, 0.4) is 0 Å². The SMILES string of the molecule is Cc1ccc(S(=O)(=O)N(C)C2CCOC2C)cc1CO. The molecule has 1 aliphatic rings. The van der Waals surface area contributed by atoms with Crippen LogP contribution in [-0.2, 0) is 21.4 Å². The Balaban J connectivity index is 2.34. The Morgan fingerprint density at radius 1 is 1.45 bits per heavy atom. The van der Waals surface area contributed by atoms with Gasteiger partial charge in [-0.2, -0.15) is 4.31 Å². The van der Waals surface area contributed by atoms with Gasteiger partial charge in [-0.25, -0.2) is 8.42 Å². The van der Waals surface area contributed by atoms with E-state index in [0.717, 1.165) is 5.56 Å². The van der Waals surface area contributed by atoms with Gasteiger partial charge in [0.1, 0.15) is 0 Å². The van der Waals surface area contributed by atoms with Crippen LogP contribution in [0.15, 0.2) is 23.1 Å². The number of sulfonamides is 1. The molecule has 5 nitrogen and oxygen atoms in total. The van der Waals surface area contributed by atoms with E-state index in [1.165, 1.54) is 4.31 Å². The zero-order chi connectivity index (χ0) is 14.9. The molecular weight excluding hydrogens is 278 g/mol. The maximum Gasteiger partial charge on any atom is 0.243 e. The molecule has 1 saturated heterocycles. The fourth-order valence-electron chi connectivity index (χ4n) is 2.52. The molecule has 1 aromatic rings. The maximum atomic E-state index is 12.6. The molecule has 0 aromatic heterocycles. The molecule has 0 bridgehead atoms. The Morgan fingerprint density at radius 2 is 2.15 bits per heavy atom. The number of nitrogens with zero attached hydrogens (tertiary/aromatic N) is 1. The average molecular weight is 299 g/mol. The molecular formula is C14H21NO4S. The number of hydrogen-bond donors (Lipinski definition) is 1. The summed E-state index contributed by atoms with van der Waals surface area (Å²) in [4.78, 5) is 0.216. The van der Waals surface area contributed by atoms with Crippen LogP contribution in [0.1, 0.15) is 24.5 Å². The Labute approximate surface area is 120 Å². The van der Waals surface area contributed by atoms with Gasteiger partial charge < -0.3 is 9.84 Å². The number of rotatable bonds is 4. The van der Waals surface area contributed by atoms with E-state index in [0.29, 0.717) is 18.6 Å². The maximum absolute atomic E-state index is 12.6. The van der Waals surface area contributed by atoms with E-state index in [4.69, 9.17) is 4.74 Å². The highest BCUT2D eigenvalue weighted by Crippen LogP contribution is 2.25. The Hall–Kier alpha value is -0.950. The molecule has 2 unspecified atom stereocenters. The predicted octanol–water partition coefficient (Wildman–Crippen LogP) is 1.29. The van der Waals surface area contributed by atoms with Crippen LogP contribution < -0.4 is 0 Å². The highest BCUT2D eigenvalue weighted by atomic mass is 32.2. The lowest BCUT2D eigenvalue weighted by molar-refractivity contribution is 0.102. The van der Waals surface area contributed by atoms with E-state index < -0.39 is 10.0 Å². The molecule has 1 heterocycles. The first-order valence-electron chi connectivity index (χ1n) is 6.68. The van der Waals surface area contributed by atoms with Gasteiger partial charge in [-0.15, -0.1) is 0 Å². The van der Waals surface area contributed by atoms with Crippen LogP contribution in [-0.4, -0.2) is 43.6 Å². The third-order valence-corrected chi connectivity index (χ3v) is 5.85. The minimum Gasteiger partial charge on any atom is -0.392 e. The summed E-state index contributed by atoms with van der Waals surface area (Å²) in [6, 6.07) is 4.71. The second kappa shape index (κ2) is 5.81. The summed E-state index contributed by atoms with van der Waals surface area (Å²) >= 11 is 0. The molecule has 0 saturated carbocycles.